The maximum absolute atomic E-state index is 12.7. The van der Waals surface area contributed by atoms with Gasteiger partial charge in [-0.25, -0.2) is 0 Å². The van der Waals surface area contributed by atoms with Gasteiger partial charge in [0.15, 0.2) is 5.78 Å². The van der Waals surface area contributed by atoms with Gasteiger partial charge in [-0.3, -0.25) is 9.69 Å². The normalized spacial score (nSPS) is 25.4. The fourth-order valence-electron chi connectivity index (χ4n) is 2.93. The van der Waals surface area contributed by atoms with Crippen molar-refractivity contribution in [3.05, 3.63) is 33.8 Å². The van der Waals surface area contributed by atoms with Crippen molar-refractivity contribution in [2.24, 2.45) is 5.92 Å². The number of halogens is 2. The second kappa shape index (κ2) is 6.46. The lowest BCUT2D eigenvalue weighted by Crippen LogP contribution is -2.49. The zero-order valence-electron chi connectivity index (χ0n) is 12.2. The summed E-state index contributed by atoms with van der Waals surface area (Å²) in [6, 6.07) is 5.37. The summed E-state index contributed by atoms with van der Waals surface area (Å²) in [5, 5.41) is 0.992. The predicted molar refractivity (Wildman–Crippen MR) is 84.8 cm³/mol. The molecule has 0 radical (unpaired) electrons. The van der Waals surface area contributed by atoms with E-state index < -0.39 is 0 Å². The summed E-state index contributed by atoms with van der Waals surface area (Å²) < 4.78 is 0. The van der Waals surface area contributed by atoms with E-state index in [1.165, 1.54) is 6.42 Å². The number of hydrogen-bond acceptors (Lipinski definition) is 2. The molecule has 1 saturated heterocycles. The lowest BCUT2D eigenvalue weighted by atomic mass is 9.92. The minimum Gasteiger partial charge on any atom is -0.292 e. The maximum Gasteiger partial charge on any atom is 0.181 e. The Labute approximate surface area is 131 Å². The average Bonchev–Trinajstić information content (AvgIpc) is 2.40. The summed E-state index contributed by atoms with van der Waals surface area (Å²) in [6.45, 7) is 7.38. The smallest absolute Gasteiger partial charge is 0.181 e. The largest absolute Gasteiger partial charge is 0.292 e. The monoisotopic (exact) mass is 313 g/mol. The standard InChI is InChI=1S/C16H21Cl2NO/c1-10-4-5-11(2)19(9-10)12(3)16(20)14-7-6-13(17)8-15(14)18/h6-8,10-12H,4-5,9H2,1-3H3. The van der Waals surface area contributed by atoms with E-state index in [1.807, 2.05) is 6.92 Å². The van der Waals surface area contributed by atoms with Crippen LogP contribution in [-0.4, -0.2) is 29.3 Å². The minimum absolute atomic E-state index is 0.0765. The van der Waals surface area contributed by atoms with E-state index >= 15 is 0 Å². The molecule has 1 aromatic carbocycles. The molecular weight excluding hydrogens is 293 g/mol. The number of nitrogens with zero attached hydrogens (tertiary/aromatic N) is 1. The molecule has 110 valence electrons. The summed E-state index contributed by atoms with van der Waals surface area (Å²) >= 11 is 12.0. The van der Waals surface area contributed by atoms with Gasteiger partial charge in [-0.2, -0.15) is 0 Å². The number of carbonyl (C=O) groups is 1. The first-order chi connectivity index (χ1) is 9.40. The highest BCUT2D eigenvalue weighted by atomic mass is 35.5. The second-order valence-electron chi connectivity index (χ2n) is 5.89. The summed E-state index contributed by atoms with van der Waals surface area (Å²) in [7, 11) is 0. The fraction of sp³-hybridized carbons (Fsp3) is 0.562. The van der Waals surface area contributed by atoms with Gasteiger partial charge in [0.1, 0.15) is 0 Å². The van der Waals surface area contributed by atoms with Crippen molar-refractivity contribution in [3.63, 3.8) is 0 Å². The Morgan fingerprint density at radius 3 is 2.65 bits per heavy atom. The number of benzene rings is 1. The van der Waals surface area contributed by atoms with Crippen molar-refractivity contribution in [1.29, 1.82) is 0 Å². The molecule has 0 spiro atoms. The van der Waals surface area contributed by atoms with E-state index in [-0.39, 0.29) is 11.8 Å². The van der Waals surface area contributed by atoms with Gasteiger partial charge in [0.05, 0.1) is 11.1 Å². The molecule has 4 heteroatoms. The first-order valence-electron chi connectivity index (χ1n) is 7.15. The summed E-state index contributed by atoms with van der Waals surface area (Å²) in [6.07, 6.45) is 2.38. The molecule has 1 fully saturated rings. The van der Waals surface area contributed by atoms with E-state index in [2.05, 4.69) is 18.7 Å². The SMILES string of the molecule is CC1CCC(C)N(C(C)C(=O)c2ccc(Cl)cc2Cl)C1. The van der Waals surface area contributed by atoms with Crippen LogP contribution in [0.3, 0.4) is 0 Å². The van der Waals surface area contributed by atoms with Gasteiger partial charge in [0.25, 0.3) is 0 Å². The number of carbonyl (C=O) groups excluding carboxylic acids is 1. The summed E-state index contributed by atoms with van der Waals surface area (Å²) in [5.74, 6) is 0.717. The number of ketones is 1. The first-order valence-corrected chi connectivity index (χ1v) is 7.90. The maximum atomic E-state index is 12.7. The quantitative estimate of drug-likeness (QED) is 0.755. The van der Waals surface area contributed by atoms with Crippen molar-refractivity contribution >= 4 is 29.0 Å². The molecule has 0 saturated carbocycles. The van der Waals surface area contributed by atoms with Crippen LogP contribution in [0.4, 0.5) is 0 Å². The van der Waals surface area contributed by atoms with Crippen LogP contribution >= 0.6 is 23.2 Å². The highest BCUT2D eigenvalue weighted by Crippen LogP contribution is 2.27. The Morgan fingerprint density at radius 1 is 1.30 bits per heavy atom. The van der Waals surface area contributed by atoms with Crippen LogP contribution in [0.15, 0.2) is 18.2 Å². The molecule has 1 heterocycles. The van der Waals surface area contributed by atoms with E-state index in [0.717, 1.165) is 13.0 Å². The number of likely N-dealkylation sites (tertiary alicyclic amines) is 1. The van der Waals surface area contributed by atoms with Crippen LogP contribution in [-0.2, 0) is 0 Å². The molecule has 20 heavy (non-hydrogen) atoms. The van der Waals surface area contributed by atoms with E-state index in [4.69, 9.17) is 23.2 Å². The average molecular weight is 314 g/mol. The van der Waals surface area contributed by atoms with Gasteiger partial charge in [0, 0.05) is 23.2 Å². The number of piperidine rings is 1. The van der Waals surface area contributed by atoms with Gasteiger partial charge in [-0.1, -0.05) is 30.1 Å². The predicted octanol–water partition coefficient (Wildman–Crippen LogP) is 4.69. The molecule has 2 nitrogen and oxygen atoms in total. The van der Waals surface area contributed by atoms with E-state index in [9.17, 15) is 4.79 Å². The Morgan fingerprint density at radius 2 is 2.00 bits per heavy atom. The van der Waals surface area contributed by atoms with Gasteiger partial charge in [-0.15, -0.1) is 0 Å². The van der Waals surface area contributed by atoms with Crippen molar-refractivity contribution < 1.29 is 4.79 Å². The Hall–Kier alpha value is -0.570. The number of Topliss-reactive ketones (excluding diaryl/α,β-unsaturated/α-hetero) is 1. The van der Waals surface area contributed by atoms with Gasteiger partial charge in [0.2, 0.25) is 0 Å². The molecule has 3 unspecified atom stereocenters. The summed E-state index contributed by atoms with van der Waals surface area (Å²) in [5.41, 5.74) is 0.564. The Kier molecular flexibility index (Phi) is 5.11. The van der Waals surface area contributed by atoms with Crippen molar-refractivity contribution in [3.8, 4) is 0 Å². The highest BCUT2D eigenvalue weighted by Gasteiger charge is 2.31. The van der Waals surface area contributed by atoms with Crippen LogP contribution in [0, 0.1) is 5.92 Å². The molecule has 1 aliphatic heterocycles. The first kappa shape index (κ1) is 15.8. The Balaban J connectivity index is 2.19. The molecule has 3 atom stereocenters. The molecule has 1 aromatic rings. The molecule has 2 rings (SSSR count). The topological polar surface area (TPSA) is 20.3 Å². The van der Waals surface area contributed by atoms with Gasteiger partial charge in [-0.05, 0) is 50.8 Å². The Bertz CT molecular complexity index is 503. The lowest BCUT2D eigenvalue weighted by molar-refractivity contribution is 0.0608. The van der Waals surface area contributed by atoms with Crippen LogP contribution < -0.4 is 0 Å². The van der Waals surface area contributed by atoms with Crippen molar-refractivity contribution in [1.82, 2.24) is 4.90 Å². The molecule has 0 N–H and O–H groups in total. The van der Waals surface area contributed by atoms with Crippen LogP contribution in [0.1, 0.15) is 44.0 Å². The van der Waals surface area contributed by atoms with Crippen LogP contribution in [0.25, 0.3) is 0 Å². The molecule has 0 aromatic heterocycles. The van der Waals surface area contributed by atoms with Gasteiger partial charge < -0.3 is 0 Å². The molecule has 0 aliphatic carbocycles. The highest BCUT2D eigenvalue weighted by molar-refractivity contribution is 6.37. The minimum atomic E-state index is -0.147. The third-order valence-corrected chi connectivity index (χ3v) is 4.79. The molecule has 1 aliphatic rings. The molecular formula is C16H21Cl2NO. The van der Waals surface area contributed by atoms with Gasteiger partial charge >= 0.3 is 0 Å². The third-order valence-electron chi connectivity index (χ3n) is 4.24. The molecule has 0 bridgehead atoms. The van der Waals surface area contributed by atoms with Crippen LogP contribution in [0.2, 0.25) is 10.0 Å². The fourth-order valence-corrected chi connectivity index (χ4v) is 3.43. The number of hydrogen-bond donors (Lipinski definition) is 0. The zero-order chi connectivity index (χ0) is 14.9. The summed E-state index contributed by atoms with van der Waals surface area (Å²) in [4.78, 5) is 15.0. The lowest BCUT2D eigenvalue weighted by Gasteiger charge is -2.40. The zero-order valence-corrected chi connectivity index (χ0v) is 13.7. The third kappa shape index (κ3) is 3.36. The van der Waals surface area contributed by atoms with E-state index in [1.54, 1.807) is 18.2 Å². The van der Waals surface area contributed by atoms with Crippen molar-refractivity contribution in [2.75, 3.05) is 6.54 Å². The molecule has 0 amide bonds. The van der Waals surface area contributed by atoms with E-state index in [0.29, 0.717) is 27.6 Å². The van der Waals surface area contributed by atoms with Crippen LogP contribution in [0.5, 0.6) is 0 Å². The second-order valence-corrected chi connectivity index (χ2v) is 6.74. The van der Waals surface area contributed by atoms with Crippen molar-refractivity contribution in [2.45, 2.75) is 45.7 Å². The number of rotatable bonds is 3.